The van der Waals surface area contributed by atoms with Gasteiger partial charge in [-0.2, -0.15) is 13.2 Å². The summed E-state index contributed by atoms with van der Waals surface area (Å²) in [6.07, 6.45) is -4.52. The summed E-state index contributed by atoms with van der Waals surface area (Å²) < 4.78 is 42.9. The third kappa shape index (κ3) is 5.77. The van der Waals surface area contributed by atoms with E-state index in [1.54, 1.807) is 37.3 Å². The number of hydrogen-bond acceptors (Lipinski definition) is 5. The van der Waals surface area contributed by atoms with Crippen LogP contribution >= 0.6 is 0 Å². The quantitative estimate of drug-likeness (QED) is 0.366. The molecule has 2 N–H and O–H groups in total. The molecule has 0 aliphatic rings. The van der Waals surface area contributed by atoms with Gasteiger partial charge in [0.25, 0.3) is 11.8 Å². The number of hydrogen-bond donors (Lipinski definition) is 2. The van der Waals surface area contributed by atoms with Gasteiger partial charge in [0, 0.05) is 27.9 Å². The minimum Gasteiger partial charge on any atom is -0.416 e. The molecule has 4 rings (SSSR count). The first-order valence-corrected chi connectivity index (χ1v) is 10.9. The van der Waals surface area contributed by atoms with Crippen molar-refractivity contribution >= 4 is 17.5 Å². The number of nitrogens with one attached hydrogen (secondary N) is 2. The van der Waals surface area contributed by atoms with Crippen LogP contribution in [0.4, 0.5) is 18.9 Å². The number of nitrogens with zero attached hydrogens (tertiary/aromatic N) is 2. The van der Waals surface area contributed by atoms with Crippen LogP contribution in [0.3, 0.4) is 0 Å². The van der Waals surface area contributed by atoms with E-state index in [1.807, 2.05) is 36.5 Å². The van der Waals surface area contributed by atoms with Crippen LogP contribution < -0.4 is 10.6 Å². The van der Waals surface area contributed by atoms with Gasteiger partial charge in [0.2, 0.25) is 11.8 Å². The van der Waals surface area contributed by atoms with Gasteiger partial charge in [-0.05, 0) is 67.4 Å². The summed E-state index contributed by atoms with van der Waals surface area (Å²) in [4.78, 5) is 24.8. The van der Waals surface area contributed by atoms with Gasteiger partial charge in [-0.3, -0.25) is 9.59 Å². The molecule has 1 heterocycles. The molecule has 0 unspecified atom stereocenters. The lowest BCUT2D eigenvalue weighted by Gasteiger charge is -2.12. The molecule has 0 saturated carbocycles. The Labute approximate surface area is 204 Å². The highest BCUT2D eigenvalue weighted by molar-refractivity contribution is 6.05. The van der Waals surface area contributed by atoms with Gasteiger partial charge in [-0.25, -0.2) is 0 Å². The van der Waals surface area contributed by atoms with Gasteiger partial charge < -0.3 is 15.1 Å². The van der Waals surface area contributed by atoms with Crippen molar-refractivity contribution in [1.29, 1.82) is 0 Å². The fourth-order valence-corrected chi connectivity index (χ4v) is 3.40. The lowest BCUT2D eigenvalue weighted by atomic mass is 10.1. The Morgan fingerprint density at radius 2 is 1.50 bits per heavy atom. The van der Waals surface area contributed by atoms with E-state index < -0.39 is 24.5 Å². The molecule has 0 fully saturated rings. The lowest BCUT2D eigenvalue weighted by molar-refractivity contribution is -0.123. The molecule has 4 aromatic rings. The molecule has 36 heavy (non-hydrogen) atoms. The molecule has 0 atom stereocenters. The number of carbonyl (C=O) groups excluding carboxylic acids is 2. The van der Waals surface area contributed by atoms with Gasteiger partial charge in [-0.1, -0.05) is 24.3 Å². The molecule has 0 aliphatic carbocycles. The number of aryl methyl sites for hydroxylation is 2. The number of anilines is 1. The van der Waals surface area contributed by atoms with E-state index in [2.05, 4.69) is 15.5 Å². The van der Waals surface area contributed by atoms with Crippen molar-refractivity contribution in [3.05, 3.63) is 89.0 Å². The second-order valence-corrected chi connectivity index (χ2v) is 8.09. The smallest absolute Gasteiger partial charge is 0.405 e. The second-order valence-electron chi connectivity index (χ2n) is 8.09. The molecular weight excluding hydrogens is 473 g/mol. The second kappa shape index (κ2) is 10.0. The Balaban J connectivity index is 1.46. The van der Waals surface area contributed by atoms with Crippen molar-refractivity contribution in [3.8, 4) is 22.9 Å². The van der Waals surface area contributed by atoms with E-state index in [4.69, 9.17) is 4.42 Å². The SMILES string of the molecule is Cc1ccc(C(=O)NCC(F)(F)F)cc1NC(=O)c1ccc(-c2nnc(-c3ccccc3C)o2)cc1. The first-order chi connectivity index (χ1) is 17.1. The van der Waals surface area contributed by atoms with Crippen LogP contribution in [0, 0.1) is 13.8 Å². The van der Waals surface area contributed by atoms with Gasteiger partial charge >= 0.3 is 6.18 Å². The fraction of sp³-hybridized carbons (Fsp3) is 0.154. The van der Waals surface area contributed by atoms with Crippen LogP contribution in [0.5, 0.6) is 0 Å². The normalized spacial score (nSPS) is 11.2. The Kier molecular flexibility index (Phi) is 6.86. The highest BCUT2D eigenvalue weighted by Crippen LogP contribution is 2.26. The first-order valence-electron chi connectivity index (χ1n) is 10.9. The average molecular weight is 494 g/mol. The molecule has 0 spiro atoms. The number of aromatic nitrogens is 2. The molecule has 184 valence electrons. The maximum Gasteiger partial charge on any atom is 0.405 e. The Morgan fingerprint density at radius 3 is 2.19 bits per heavy atom. The predicted octanol–water partition coefficient (Wildman–Crippen LogP) is 5.56. The summed E-state index contributed by atoms with van der Waals surface area (Å²) in [5, 5.41) is 12.7. The van der Waals surface area contributed by atoms with Crippen molar-refractivity contribution in [1.82, 2.24) is 15.5 Å². The Hall–Kier alpha value is -4.47. The van der Waals surface area contributed by atoms with Crippen LogP contribution in [0.25, 0.3) is 22.9 Å². The summed E-state index contributed by atoms with van der Waals surface area (Å²) >= 11 is 0. The number of carbonyl (C=O) groups is 2. The number of amides is 2. The Bertz CT molecular complexity index is 1410. The zero-order valence-corrected chi connectivity index (χ0v) is 19.3. The van der Waals surface area contributed by atoms with Crippen molar-refractivity contribution < 1.29 is 27.2 Å². The summed E-state index contributed by atoms with van der Waals surface area (Å²) in [5.74, 6) is -0.659. The van der Waals surface area contributed by atoms with E-state index in [0.29, 0.717) is 34.2 Å². The monoisotopic (exact) mass is 494 g/mol. The molecule has 3 aromatic carbocycles. The topological polar surface area (TPSA) is 97.1 Å². The van der Waals surface area contributed by atoms with E-state index in [-0.39, 0.29) is 5.56 Å². The summed E-state index contributed by atoms with van der Waals surface area (Å²) in [6.45, 7) is 2.21. The highest BCUT2D eigenvalue weighted by Gasteiger charge is 2.28. The Morgan fingerprint density at radius 1 is 0.833 bits per heavy atom. The first kappa shape index (κ1) is 24.6. The van der Waals surface area contributed by atoms with Crippen LogP contribution in [-0.2, 0) is 0 Å². The third-order valence-corrected chi connectivity index (χ3v) is 5.39. The molecule has 0 radical (unpaired) electrons. The van der Waals surface area contributed by atoms with Crippen molar-refractivity contribution in [2.24, 2.45) is 0 Å². The molecule has 2 amide bonds. The van der Waals surface area contributed by atoms with Crippen LogP contribution in [-0.4, -0.2) is 34.7 Å². The maximum absolute atomic E-state index is 12.8. The summed E-state index contributed by atoms with van der Waals surface area (Å²) in [5.41, 5.74) is 3.72. The maximum atomic E-state index is 12.8. The van der Waals surface area contributed by atoms with E-state index in [1.165, 1.54) is 12.1 Å². The molecule has 0 aliphatic heterocycles. The van der Waals surface area contributed by atoms with Crippen molar-refractivity contribution in [2.75, 3.05) is 11.9 Å². The molecule has 10 heteroatoms. The number of benzene rings is 3. The zero-order valence-electron chi connectivity index (χ0n) is 19.3. The molecule has 1 aromatic heterocycles. The van der Waals surface area contributed by atoms with Gasteiger partial charge in [0.05, 0.1) is 0 Å². The lowest BCUT2D eigenvalue weighted by Crippen LogP contribution is -2.33. The predicted molar refractivity (Wildman–Crippen MR) is 127 cm³/mol. The van der Waals surface area contributed by atoms with Gasteiger partial charge in [0.1, 0.15) is 6.54 Å². The highest BCUT2D eigenvalue weighted by atomic mass is 19.4. The molecule has 7 nitrogen and oxygen atoms in total. The summed E-state index contributed by atoms with van der Waals surface area (Å²) in [7, 11) is 0. The van der Waals surface area contributed by atoms with E-state index >= 15 is 0 Å². The number of halogens is 3. The number of rotatable bonds is 6. The number of alkyl halides is 3. The average Bonchev–Trinajstić information content (AvgIpc) is 3.34. The molecule has 0 bridgehead atoms. The fourth-order valence-electron chi connectivity index (χ4n) is 3.40. The van der Waals surface area contributed by atoms with Crippen LogP contribution in [0.1, 0.15) is 31.8 Å². The third-order valence-electron chi connectivity index (χ3n) is 5.39. The van der Waals surface area contributed by atoms with Crippen LogP contribution in [0.15, 0.2) is 71.1 Å². The van der Waals surface area contributed by atoms with Crippen LogP contribution in [0.2, 0.25) is 0 Å². The van der Waals surface area contributed by atoms with E-state index in [0.717, 1.165) is 11.1 Å². The van der Waals surface area contributed by atoms with Gasteiger partial charge in [0.15, 0.2) is 0 Å². The van der Waals surface area contributed by atoms with E-state index in [9.17, 15) is 22.8 Å². The van der Waals surface area contributed by atoms with Crippen molar-refractivity contribution in [2.45, 2.75) is 20.0 Å². The largest absolute Gasteiger partial charge is 0.416 e. The standard InChI is InChI=1S/C26H21F3N4O3/c1-15-5-3-4-6-20(15)25-33-32-24(36-25)18-11-9-17(10-12-18)23(35)31-21-13-19(8-7-16(21)2)22(34)30-14-26(27,28)29/h3-13H,14H2,1-2H3,(H,30,34)(H,31,35). The van der Waals surface area contributed by atoms with Crippen molar-refractivity contribution in [3.63, 3.8) is 0 Å². The zero-order chi connectivity index (χ0) is 25.9. The van der Waals surface area contributed by atoms with Gasteiger partial charge in [-0.15, -0.1) is 10.2 Å². The molecular formula is C26H21F3N4O3. The summed E-state index contributed by atoms with van der Waals surface area (Å²) in [6, 6.07) is 18.4. The minimum absolute atomic E-state index is 0.00338. The minimum atomic E-state index is -4.52. The molecule has 0 saturated heterocycles.